The van der Waals surface area contributed by atoms with E-state index >= 15 is 0 Å². The van der Waals surface area contributed by atoms with E-state index in [-0.39, 0.29) is 6.10 Å². The van der Waals surface area contributed by atoms with E-state index in [0.717, 1.165) is 24.3 Å². The molecule has 3 heteroatoms. The average Bonchev–Trinajstić information content (AvgIpc) is 2.41. The molecule has 0 aliphatic heterocycles. The van der Waals surface area contributed by atoms with Crippen molar-refractivity contribution >= 4 is 0 Å². The maximum absolute atomic E-state index is 5.47. The van der Waals surface area contributed by atoms with Crippen molar-refractivity contribution < 1.29 is 9.47 Å². The summed E-state index contributed by atoms with van der Waals surface area (Å²) in [5, 5.41) is 3.77. The zero-order valence-corrected chi connectivity index (χ0v) is 13.4. The second-order valence-corrected chi connectivity index (χ2v) is 7.72. The van der Waals surface area contributed by atoms with E-state index in [1.165, 1.54) is 38.5 Å². The van der Waals surface area contributed by atoms with E-state index in [2.05, 4.69) is 12.2 Å². The highest BCUT2D eigenvalue weighted by molar-refractivity contribution is 5.05. The Morgan fingerprint density at radius 3 is 2.05 bits per heavy atom. The fourth-order valence-electron chi connectivity index (χ4n) is 5.63. The summed E-state index contributed by atoms with van der Waals surface area (Å²) in [7, 11) is 3.52. The van der Waals surface area contributed by atoms with Crippen molar-refractivity contribution in [1.82, 2.24) is 5.32 Å². The van der Waals surface area contributed by atoms with Gasteiger partial charge in [0.05, 0.1) is 12.7 Å². The molecule has 4 bridgehead atoms. The van der Waals surface area contributed by atoms with Gasteiger partial charge in [-0.05, 0) is 68.6 Å². The van der Waals surface area contributed by atoms with E-state index in [0.29, 0.717) is 18.1 Å². The number of rotatable bonds is 7. The maximum atomic E-state index is 5.47. The van der Waals surface area contributed by atoms with Crippen LogP contribution < -0.4 is 5.32 Å². The first-order valence-electron chi connectivity index (χ1n) is 8.40. The summed E-state index contributed by atoms with van der Waals surface area (Å²) in [6.07, 6.45) is 9.15. The summed E-state index contributed by atoms with van der Waals surface area (Å²) in [6, 6.07) is 0.616. The molecule has 116 valence electrons. The van der Waals surface area contributed by atoms with Crippen molar-refractivity contribution in [1.29, 1.82) is 0 Å². The third-order valence-corrected chi connectivity index (χ3v) is 6.34. The predicted molar refractivity (Wildman–Crippen MR) is 80.7 cm³/mol. The van der Waals surface area contributed by atoms with Gasteiger partial charge < -0.3 is 14.8 Å². The highest BCUT2D eigenvalue weighted by atomic mass is 16.5. The van der Waals surface area contributed by atoms with Crippen LogP contribution >= 0.6 is 0 Å². The molecule has 2 atom stereocenters. The van der Waals surface area contributed by atoms with Gasteiger partial charge in [-0.3, -0.25) is 0 Å². The number of hydrogen-bond acceptors (Lipinski definition) is 3. The fraction of sp³-hybridized carbons (Fsp3) is 1.00. The molecule has 20 heavy (non-hydrogen) atoms. The van der Waals surface area contributed by atoms with Crippen LogP contribution in [0.4, 0.5) is 0 Å². The van der Waals surface area contributed by atoms with Gasteiger partial charge in [0.1, 0.15) is 0 Å². The summed E-state index contributed by atoms with van der Waals surface area (Å²) in [4.78, 5) is 0. The Labute approximate surface area is 123 Å². The van der Waals surface area contributed by atoms with E-state index in [1.807, 2.05) is 0 Å². The highest BCUT2D eigenvalue weighted by Gasteiger charge is 2.52. The van der Waals surface area contributed by atoms with Gasteiger partial charge in [-0.2, -0.15) is 0 Å². The molecule has 0 aromatic rings. The van der Waals surface area contributed by atoms with Crippen LogP contribution in [0.15, 0.2) is 0 Å². The van der Waals surface area contributed by atoms with Gasteiger partial charge in [0.25, 0.3) is 0 Å². The summed E-state index contributed by atoms with van der Waals surface area (Å²) in [5.74, 6) is 3.09. The SMILES string of the molecule is COCC(CNC(C)C12CC3CC(CC(C3)C1)C2)OC. The Kier molecular flexibility index (Phi) is 4.40. The molecular weight excluding hydrogens is 250 g/mol. The predicted octanol–water partition coefficient (Wildman–Crippen LogP) is 2.84. The first-order chi connectivity index (χ1) is 9.65. The van der Waals surface area contributed by atoms with Gasteiger partial charge in [-0.1, -0.05) is 0 Å². The number of nitrogens with one attached hydrogen (secondary N) is 1. The second-order valence-electron chi connectivity index (χ2n) is 7.72. The molecule has 3 nitrogen and oxygen atoms in total. The summed E-state index contributed by atoms with van der Waals surface area (Å²) < 4.78 is 10.7. The molecule has 1 N–H and O–H groups in total. The first kappa shape index (κ1) is 14.8. The molecule has 4 rings (SSSR count). The average molecular weight is 281 g/mol. The Morgan fingerprint density at radius 2 is 1.60 bits per heavy atom. The van der Waals surface area contributed by atoms with Crippen molar-refractivity contribution in [3.8, 4) is 0 Å². The van der Waals surface area contributed by atoms with Crippen LogP contribution in [0.1, 0.15) is 45.4 Å². The Bertz CT molecular complexity index is 296. The number of methoxy groups -OCH3 is 2. The molecule has 2 unspecified atom stereocenters. The molecule has 4 fully saturated rings. The molecule has 0 aromatic carbocycles. The Hall–Kier alpha value is -0.120. The lowest BCUT2D eigenvalue weighted by atomic mass is 9.48. The minimum absolute atomic E-state index is 0.177. The van der Waals surface area contributed by atoms with E-state index in [9.17, 15) is 0 Å². The van der Waals surface area contributed by atoms with Crippen molar-refractivity contribution in [3.05, 3.63) is 0 Å². The first-order valence-corrected chi connectivity index (χ1v) is 8.40. The second kappa shape index (κ2) is 5.94. The molecule has 0 aromatic heterocycles. The van der Waals surface area contributed by atoms with Gasteiger partial charge in [0.15, 0.2) is 0 Å². The fourth-order valence-corrected chi connectivity index (χ4v) is 5.63. The van der Waals surface area contributed by atoms with Crippen molar-refractivity contribution in [2.24, 2.45) is 23.2 Å². The topological polar surface area (TPSA) is 30.5 Å². The molecule has 0 saturated heterocycles. The van der Waals surface area contributed by atoms with Crippen LogP contribution in [0.3, 0.4) is 0 Å². The van der Waals surface area contributed by atoms with E-state index in [1.54, 1.807) is 14.2 Å². The standard InChI is InChI=1S/C17H31NO2/c1-12(18-10-16(20-3)11-19-2)17-7-13-4-14(8-17)6-15(5-13)9-17/h12-16,18H,4-11H2,1-3H3. The Morgan fingerprint density at radius 1 is 1.05 bits per heavy atom. The van der Waals surface area contributed by atoms with Crippen LogP contribution in [0.2, 0.25) is 0 Å². The summed E-state index contributed by atoms with van der Waals surface area (Å²) in [5.41, 5.74) is 0.583. The maximum Gasteiger partial charge on any atom is 0.0928 e. The van der Waals surface area contributed by atoms with Crippen LogP contribution in [0.25, 0.3) is 0 Å². The quantitative estimate of drug-likeness (QED) is 0.778. The third kappa shape index (κ3) is 2.77. The van der Waals surface area contributed by atoms with Gasteiger partial charge in [0.2, 0.25) is 0 Å². The molecule has 4 aliphatic carbocycles. The smallest absolute Gasteiger partial charge is 0.0928 e. The largest absolute Gasteiger partial charge is 0.382 e. The molecule has 0 amide bonds. The van der Waals surface area contributed by atoms with Crippen molar-refractivity contribution in [2.45, 2.75) is 57.6 Å². The number of ether oxygens (including phenoxy) is 2. The van der Waals surface area contributed by atoms with Crippen molar-refractivity contribution in [3.63, 3.8) is 0 Å². The van der Waals surface area contributed by atoms with E-state index in [4.69, 9.17) is 9.47 Å². The van der Waals surface area contributed by atoms with Crippen LogP contribution in [0.5, 0.6) is 0 Å². The summed E-state index contributed by atoms with van der Waals surface area (Å²) in [6.45, 7) is 4.00. The normalized spacial score (nSPS) is 41.9. The summed E-state index contributed by atoms with van der Waals surface area (Å²) >= 11 is 0. The highest BCUT2D eigenvalue weighted by Crippen LogP contribution is 2.61. The molecule has 0 spiro atoms. The number of hydrogen-bond donors (Lipinski definition) is 1. The third-order valence-electron chi connectivity index (χ3n) is 6.34. The minimum Gasteiger partial charge on any atom is -0.382 e. The van der Waals surface area contributed by atoms with Gasteiger partial charge in [-0.15, -0.1) is 0 Å². The molecule has 4 aliphatic rings. The lowest BCUT2D eigenvalue weighted by Gasteiger charge is -2.59. The molecule has 4 saturated carbocycles. The zero-order valence-electron chi connectivity index (χ0n) is 13.4. The molecule has 0 heterocycles. The van der Waals surface area contributed by atoms with Crippen LogP contribution in [0, 0.1) is 23.2 Å². The monoisotopic (exact) mass is 281 g/mol. The van der Waals surface area contributed by atoms with Gasteiger partial charge >= 0.3 is 0 Å². The lowest BCUT2D eigenvalue weighted by Crippen LogP contribution is -2.55. The van der Waals surface area contributed by atoms with Gasteiger partial charge in [0, 0.05) is 26.8 Å². The van der Waals surface area contributed by atoms with Crippen LogP contribution in [-0.2, 0) is 9.47 Å². The lowest BCUT2D eigenvalue weighted by molar-refractivity contribution is -0.0730. The van der Waals surface area contributed by atoms with Crippen molar-refractivity contribution in [2.75, 3.05) is 27.4 Å². The molecule has 0 radical (unpaired) electrons. The zero-order chi connectivity index (χ0) is 14.2. The van der Waals surface area contributed by atoms with Gasteiger partial charge in [-0.25, -0.2) is 0 Å². The minimum atomic E-state index is 0.177. The Balaban J connectivity index is 1.58. The van der Waals surface area contributed by atoms with Crippen LogP contribution in [-0.4, -0.2) is 39.5 Å². The van der Waals surface area contributed by atoms with E-state index < -0.39 is 0 Å². The molecular formula is C17H31NO2.